The molecule has 2 heterocycles. The van der Waals surface area contributed by atoms with Gasteiger partial charge in [-0.25, -0.2) is 4.79 Å². The fourth-order valence-electron chi connectivity index (χ4n) is 2.51. The highest BCUT2D eigenvalue weighted by Crippen LogP contribution is 2.34. The molecule has 2 rings (SSSR count). The van der Waals surface area contributed by atoms with Gasteiger partial charge >= 0.3 is 24.2 Å². The normalized spacial score (nSPS) is 29.4. The maximum atomic E-state index is 12.4. The first-order valence-electron chi connectivity index (χ1n) is 5.87. The van der Waals surface area contributed by atoms with Gasteiger partial charge in [0.05, 0.1) is 6.54 Å². The van der Waals surface area contributed by atoms with Gasteiger partial charge in [0.25, 0.3) is 0 Å². The van der Waals surface area contributed by atoms with Gasteiger partial charge in [0.15, 0.2) is 5.72 Å². The number of rotatable bonds is 1. The zero-order chi connectivity index (χ0) is 16.1. The molecule has 1 N–H and O–H groups in total. The lowest BCUT2D eigenvalue weighted by atomic mass is 10.1. The highest BCUT2D eigenvalue weighted by Gasteiger charge is 2.55. The van der Waals surface area contributed by atoms with Crippen LogP contribution in [0, 0.1) is 0 Å². The number of halogens is 6. The molecule has 5 nitrogen and oxygen atoms in total. The Kier molecular flexibility index (Phi) is 3.59. The average molecular weight is 320 g/mol. The van der Waals surface area contributed by atoms with Crippen molar-refractivity contribution in [1.29, 1.82) is 0 Å². The summed E-state index contributed by atoms with van der Waals surface area (Å²) in [7, 11) is 0. The zero-order valence-electron chi connectivity index (χ0n) is 10.3. The third-order valence-corrected chi connectivity index (χ3v) is 3.30. The molecule has 0 aromatic rings. The number of ether oxygens (including phenoxy) is 1. The smallest absolute Gasteiger partial charge is 0.435 e. The summed E-state index contributed by atoms with van der Waals surface area (Å²) in [6, 6.07) is -0.647. The molecule has 0 aromatic carbocycles. The molecular formula is C10H10F6N2O3. The van der Waals surface area contributed by atoms with Crippen molar-refractivity contribution >= 4 is 11.9 Å². The largest absolute Gasteiger partial charge is 0.490 e. The predicted octanol–water partition coefficient (Wildman–Crippen LogP) is 0.945. The van der Waals surface area contributed by atoms with E-state index in [0.29, 0.717) is 4.90 Å². The molecule has 120 valence electrons. The van der Waals surface area contributed by atoms with Crippen LogP contribution in [0.25, 0.3) is 0 Å². The van der Waals surface area contributed by atoms with Crippen LogP contribution >= 0.6 is 0 Å². The summed E-state index contributed by atoms with van der Waals surface area (Å²) in [5.41, 5.74) is -1.92. The number of nitrogens with zero attached hydrogens (tertiary/aromatic N) is 1. The van der Waals surface area contributed by atoms with E-state index in [0.717, 1.165) is 0 Å². The fraction of sp³-hybridized carbons (Fsp3) is 0.800. The number of esters is 1. The standard InChI is InChI=1S/C10H10F6N2O3/c11-9(12,13)6(19)18-3-5-1-2-8(4-18,17-5)21-7(20)10(14,15)16/h5,17H,1-4H2. The topological polar surface area (TPSA) is 58.6 Å². The van der Waals surface area contributed by atoms with Crippen molar-refractivity contribution in [3.8, 4) is 0 Å². The SMILES string of the molecule is O=C(OC12CCC(CN(C(=O)C(F)(F)F)C1)N2)C(F)(F)F. The maximum absolute atomic E-state index is 12.4. The van der Waals surface area contributed by atoms with E-state index < -0.39 is 42.5 Å². The molecule has 1 amide bonds. The number of hydrogen-bond acceptors (Lipinski definition) is 4. The van der Waals surface area contributed by atoms with Crippen LogP contribution in [0.5, 0.6) is 0 Å². The number of piperazine rings is 1. The highest BCUT2D eigenvalue weighted by molar-refractivity contribution is 5.82. The number of alkyl halides is 6. The Morgan fingerprint density at radius 1 is 1.14 bits per heavy atom. The number of amides is 1. The lowest BCUT2D eigenvalue weighted by Crippen LogP contribution is -2.64. The average Bonchev–Trinajstić information content (AvgIpc) is 2.61. The summed E-state index contributed by atoms with van der Waals surface area (Å²) < 4.78 is 78.1. The van der Waals surface area contributed by atoms with Gasteiger partial charge in [0.1, 0.15) is 0 Å². The summed E-state index contributed by atoms with van der Waals surface area (Å²) in [6.45, 7) is -1.08. The van der Waals surface area contributed by atoms with E-state index in [2.05, 4.69) is 10.1 Å². The molecule has 2 bridgehead atoms. The first-order valence-corrected chi connectivity index (χ1v) is 5.87. The van der Waals surface area contributed by atoms with Crippen molar-refractivity contribution in [2.24, 2.45) is 0 Å². The summed E-state index contributed by atoms with van der Waals surface area (Å²) in [5.74, 6) is -4.67. The van der Waals surface area contributed by atoms with Crippen LogP contribution in [-0.2, 0) is 14.3 Å². The number of carbonyl (C=O) groups is 2. The maximum Gasteiger partial charge on any atom is 0.490 e. The summed E-state index contributed by atoms with van der Waals surface area (Å²) >= 11 is 0. The summed E-state index contributed by atoms with van der Waals surface area (Å²) in [6.07, 6.45) is -10.3. The molecule has 0 saturated carbocycles. The summed E-state index contributed by atoms with van der Waals surface area (Å²) in [5, 5.41) is 2.54. The Morgan fingerprint density at radius 3 is 2.29 bits per heavy atom. The first kappa shape index (κ1) is 15.9. The minimum atomic E-state index is -5.26. The van der Waals surface area contributed by atoms with Crippen LogP contribution in [0.4, 0.5) is 26.3 Å². The molecule has 2 fully saturated rings. The molecule has 0 aromatic heterocycles. The molecule has 11 heteroatoms. The van der Waals surface area contributed by atoms with Crippen molar-refractivity contribution in [2.75, 3.05) is 13.1 Å². The van der Waals surface area contributed by atoms with Crippen molar-refractivity contribution in [3.05, 3.63) is 0 Å². The van der Waals surface area contributed by atoms with E-state index >= 15 is 0 Å². The third-order valence-electron chi connectivity index (χ3n) is 3.30. The minimum absolute atomic E-state index is 0.0961. The Morgan fingerprint density at radius 2 is 1.76 bits per heavy atom. The number of nitrogens with one attached hydrogen (secondary N) is 1. The molecule has 0 aliphatic carbocycles. The molecule has 21 heavy (non-hydrogen) atoms. The molecule has 0 spiro atoms. The Labute approximate surface area is 114 Å². The van der Waals surface area contributed by atoms with Gasteiger partial charge in [-0.3, -0.25) is 10.1 Å². The fourth-order valence-corrected chi connectivity index (χ4v) is 2.51. The van der Waals surface area contributed by atoms with Gasteiger partial charge in [-0.2, -0.15) is 26.3 Å². The molecule has 2 saturated heterocycles. The highest BCUT2D eigenvalue weighted by atomic mass is 19.4. The van der Waals surface area contributed by atoms with Gasteiger partial charge < -0.3 is 9.64 Å². The van der Waals surface area contributed by atoms with Crippen molar-refractivity contribution in [3.63, 3.8) is 0 Å². The van der Waals surface area contributed by atoms with Crippen molar-refractivity contribution < 1.29 is 40.7 Å². The van der Waals surface area contributed by atoms with Crippen molar-refractivity contribution in [2.45, 2.75) is 37.0 Å². The zero-order valence-corrected chi connectivity index (χ0v) is 10.3. The van der Waals surface area contributed by atoms with E-state index in [-0.39, 0.29) is 19.4 Å². The first-order chi connectivity index (χ1) is 9.43. The van der Waals surface area contributed by atoms with Crippen LogP contribution in [0.3, 0.4) is 0 Å². The van der Waals surface area contributed by atoms with Gasteiger partial charge in [-0.1, -0.05) is 0 Å². The third kappa shape index (κ3) is 3.22. The van der Waals surface area contributed by atoms with E-state index in [4.69, 9.17) is 0 Å². The van der Waals surface area contributed by atoms with E-state index in [9.17, 15) is 35.9 Å². The van der Waals surface area contributed by atoms with Crippen LogP contribution in [0.2, 0.25) is 0 Å². The second-order valence-electron chi connectivity index (χ2n) is 4.94. The van der Waals surface area contributed by atoms with E-state index in [1.165, 1.54) is 0 Å². The monoisotopic (exact) mass is 320 g/mol. The minimum Gasteiger partial charge on any atom is -0.435 e. The lowest BCUT2D eigenvalue weighted by Gasteiger charge is -2.40. The Balaban J connectivity index is 2.14. The van der Waals surface area contributed by atoms with Gasteiger partial charge in [-0.15, -0.1) is 0 Å². The number of carbonyl (C=O) groups excluding carboxylic acids is 2. The Bertz CT molecular complexity index is 463. The van der Waals surface area contributed by atoms with Gasteiger partial charge in [-0.05, 0) is 6.42 Å². The van der Waals surface area contributed by atoms with Crippen LogP contribution in [-0.4, -0.2) is 54.0 Å². The lowest BCUT2D eigenvalue weighted by molar-refractivity contribution is -0.222. The molecule has 2 aliphatic heterocycles. The Hall–Kier alpha value is -1.52. The second-order valence-corrected chi connectivity index (χ2v) is 4.94. The second kappa shape index (κ2) is 4.75. The molecule has 2 atom stereocenters. The molecule has 0 radical (unpaired) electrons. The number of likely N-dealkylation sites (tertiary alicyclic amines) is 1. The van der Waals surface area contributed by atoms with Crippen LogP contribution in [0.15, 0.2) is 0 Å². The number of hydrogen-bond donors (Lipinski definition) is 1. The van der Waals surface area contributed by atoms with Crippen LogP contribution in [0.1, 0.15) is 12.8 Å². The molecular weight excluding hydrogens is 310 g/mol. The number of fused-ring (bicyclic) bond motifs is 2. The van der Waals surface area contributed by atoms with Gasteiger partial charge in [0, 0.05) is 19.0 Å². The van der Waals surface area contributed by atoms with E-state index in [1.54, 1.807) is 0 Å². The summed E-state index contributed by atoms with van der Waals surface area (Å²) in [4.78, 5) is 22.4. The van der Waals surface area contributed by atoms with Crippen LogP contribution < -0.4 is 5.32 Å². The van der Waals surface area contributed by atoms with Gasteiger partial charge in [0.2, 0.25) is 0 Å². The molecule has 2 unspecified atom stereocenters. The quantitative estimate of drug-likeness (QED) is 0.577. The molecule has 2 aliphatic rings. The predicted molar refractivity (Wildman–Crippen MR) is 53.7 cm³/mol. The van der Waals surface area contributed by atoms with E-state index in [1.807, 2.05) is 0 Å². The van der Waals surface area contributed by atoms with Crippen molar-refractivity contribution in [1.82, 2.24) is 10.2 Å².